The van der Waals surface area contributed by atoms with Crippen LogP contribution in [0.1, 0.15) is 58.1 Å². The Kier molecular flexibility index (Phi) is 7.42. The maximum atomic E-state index is 5.79. The number of rotatable bonds is 9. The molecule has 0 aliphatic heterocycles. The Bertz CT molecular complexity index is 328. The second kappa shape index (κ2) is 8.92. The predicted octanol–water partition coefficient (Wildman–Crippen LogP) is 3.71. The fourth-order valence-corrected chi connectivity index (χ4v) is 1.85. The summed E-state index contributed by atoms with van der Waals surface area (Å²) in [7, 11) is 0. The summed E-state index contributed by atoms with van der Waals surface area (Å²) in [6.07, 6.45) is 6.46. The summed E-state index contributed by atoms with van der Waals surface area (Å²) < 4.78 is 5.79. The fourth-order valence-electron chi connectivity index (χ4n) is 1.85. The van der Waals surface area contributed by atoms with Crippen molar-refractivity contribution in [1.29, 1.82) is 0 Å². The van der Waals surface area contributed by atoms with E-state index in [1.165, 1.54) is 12.8 Å². The molecule has 0 saturated heterocycles. The summed E-state index contributed by atoms with van der Waals surface area (Å²) in [5, 5.41) is 3.47. The lowest BCUT2D eigenvalue weighted by Gasteiger charge is -2.17. The monoisotopic (exact) mass is 250 g/mol. The van der Waals surface area contributed by atoms with Crippen LogP contribution in [0.15, 0.2) is 18.3 Å². The highest BCUT2D eigenvalue weighted by Crippen LogP contribution is 2.22. The third kappa shape index (κ3) is 5.05. The number of nitrogens with one attached hydrogen (secondary N) is 1. The van der Waals surface area contributed by atoms with Crippen LogP contribution in [0.3, 0.4) is 0 Å². The molecule has 0 radical (unpaired) electrons. The Morgan fingerprint density at radius 1 is 1.28 bits per heavy atom. The van der Waals surface area contributed by atoms with E-state index in [4.69, 9.17) is 4.74 Å². The van der Waals surface area contributed by atoms with E-state index in [1.54, 1.807) is 6.20 Å². The van der Waals surface area contributed by atoms with E-state index in [-0.39, 0.29) is 0 Å². The normalized spacial score (nSPS) is 12.4. The zero-order chi connectivity index (χ0) is 13.2. The Balaban J connectivity index is 2.55. The molecule has 1 N–H and O–H groups in total. The molecule has 0 aliphatic carbocycles. The Morgan fingerprint density at radius 2 is 2.11 bits per heavy atom. The molecule has 0 spiro atoms. The van der Waals surface area contributed by atoms with Crippen LogP contribution in [0, 0.1) is 0 Å². The second-order valence-electron chi connectivity index (χ2n) is 4.63. The summed E-state index contributed by atoms with van der Waals surface area (Å²) in [6.45, 7) is 8.31. The lowest BCUT2D eigenvalue weighted by atomic mass is 10.1. The molecule has 1 aromatic rings. The summed E-state index contributed by atoms with van der Waals surface area (Å²) in [4.78, 5) is 4.34. The van der Waals surface area contributed by atoms with Gasteiger partial charge in [0.2, 0.25) is 5.88 Å². The van der Waals surface area contributed by atoms with Crippen molar-refractivity contribution in [3.05, 3.63) is 23.9 Å². The van der Waals surface area contributed by atoms with E-state index >= 15 is 0 Å². The average molecular weight is 250 g/mol. The molecule has 0 bridgehead atoms. The van der Waals surface area contributed by atoms with Crippen LogP contribution in [-0.4, -0.2) is 18.1 Å². The predicted molar refractivity (Wildman–Crippen MR) is 76.0 cm³/mol. The summed E-state index contributed by atoms with van der Waals surface area (Å²) >= 11 is 0. The number of hydrogen-bond donors (Lipinski definition) is 1. The molecular weight excluding hydrogens is 224 g/mol. The molecule has 3 heteroatoms. The number of aromatic nitrogens is 1. The van der Waals surface area contributed by atoms with Gasteiger partial charge in [-0.2, -0.15) is 0 Å². The van der Waals surface area contributed by atoms with E-state index in [1.807, 2.05) is 6.07 Å². The minimum Gasteiger partial charge on any atom is -0.477 e. The molecule has 18 heavy (non-hydrogen) atoms. The Hall–Kier alpha value is -1.09. The molecule has 3 nitrogen and oxygen atoms in total. The molecule has 0 amide bonds. The quantitative estimate of drug-likeness (QED) is 0.678. The van der Waals surface area contributed by atoms with Gasteiger partial charge in [-0.05, 0) is 32.4 Å². The van der Waals surface area contributed by atoms with Crippen LogP contribution in [0.4, 0.5) is 0 Å². The molecule has 1 heterocycles. The van der Waals surface area contributed by atoms with Gasteiger partial charge >= 0.3 is 0 Å². The topological polar surface area (TPSA) is 34.1 Å². The van der Waals surface area contributed by atoms with Gasteiger partial charge in [0.05, 0.1) is 6.61 Å². The first-order valence-electron chi connectivity index (χ1n) is 7.10. The molecule has 102 valence electrons. The van der Waals surface area contributed by atoms with Crippen molar-refractivity contribution in [2.45, 2.75) is 52.5 Å². The SMILES string of the molecule is CCCCCOc1ncccc1C(C)NCCC. The largest absolute Gasteiger partial charge is 0.477 e. The van der Waals surface area contributed by atoms with Gasteiger partial charge in [-0.3, -0.25) is 0 Å². The molecular formula is C15H26N2O. The average Bonchev–Trinajstić information content (AvgIpc) is 2.41. The highest BCUT2D eigenvalue weighted by Gasteiger charge is 2.11. The van der Waals surface area contributed by atoms with Gasteiger partial charge in [0, 0.05) is 17.8 Å². The summed E-state index contributed by atoms with van der Waals surface area (Å²) in [5.74, 6) is 0.782. The summed E-state index contributed by atoms with van der Waals surface area (Å²) in [5.41, 5.74) is 1.16. The highest BCUT2D eigenvalue weighted by molar-refractivity contribution is 5.28. The maximum absolute atomic E-state index is 5.79. The minimum atomic E-state index is 0.292. The molecule has 1 unspecified atom stereocenters. The van der Waals surface area contributed by atoms with Gasteiger partial charge in [-0.25, -0.2) is 4.98 Å². The molecule has 1 aromatic heterocycles. The molecule has 0 aromatic carbocycles. The zero-order valence-corrected chi connectivity index (χ0v) is 11.9. The van der Waals surface area contributed by atoms with Crippen molar-refractivity contribution in [3.63, 3.8) is 0 Å². The maximum Gasteiger partial charge on any atom is 0.218 e. The standard InChI is InChI=1S/C15H26N2O/c1-4-6-7-12-18-15-14(9-8-11-17-15)13(3)16-10-5-2/h8-9,11,13,16H,4-7,10,12H2,1-3H3. The van der Waals surface area contributed by atoms with Crippen molar-refractivity contribution >= 4 is 0 Å². The fraction of sp³-hybridized carbons (Fsp3) is 0.667. The van der Waals surface area contributed by atoms with Crippen LogP contribution < -0.4 is 10.1 Å². The van der Waals surface area contributed by atoms with Crippen LogP contribution in [0.25, 0.3) is 0 Å². The van der Waals surface area contributed by atoms with Crippen molar-refractivity contribution in [1.82, 2.24) is 10.3 Å². The van der Waals surface area contributed by atoms with Crippen molar-refractivity contribution < 1.29 is 4.74 Å². The lowest BCUT2D eigenvalue weighted by Crippen LogP contribution is -2.20. The summed E-state index contributed by atoms with van der Waals surface area (Å²) in [6, 6.07) is 4.35. The van der Waals surface area contributed by atoms with Gasteiger partial charge < -0.3 is 10.1 Å². The molecule has 0 aliphatic rings. The molecule has 1 rings (SSSR count). The first-order chi connectivity index (χ1) is 8.79. The first-order valence-corrected chi connectivity index (χ1v) is 7.10. The van der Waals surface area contributed by atoms with Crippen LogP contribution in [-0.2, 0) is 0 Å². The number of ether oxygens (including phenoxy) is 1. The Labute approximate surface area is 111 Å². The number of pyridine rings is 1. The van der Waals surface area contributed by atoms with Gasteiger partial charge in [0.15, 0.2) is 0 Å². The van der Waals surface area contributed by atoms with Gasteiger partial charge in [0.25, 0.3) is 0 Å². The molecule has 0 saturated carbocycles. The van der Waals surface area contributed by atoms with Crippen LogP contribution in [0.5, 0.6) is 5.88 Å². The van der Waals surface area contributed by atoms with Crippen LogP contribution >= 0.6 is 0 Å². The third-order valence-electron chi connectivity index (χ3n) is 2.95. The van der Waals surface area contributed by atoms with Crippen molar-refractivity contribution in [2.24, 2.45) is 0 Å². The van der Waals surface area contributed by atoms with E-state index in [2.05, 4.69) is 37.1 Å². The lowest BCUT2D eigenvalue weighted by molar-refractivity contribution is 0.288. The number of nitrogens with zero attached hydrogens (tertiary/aromatic N) is 1. The number of unbranched alkanes of at least 4 members (excludes halogenated alkanes) is 2. The highest BCUT2D eigenvalue weighted by atomic mass is 16.5. The first kappa shape index (κ1) is 15.0. The van der Waals surface area contributed by atoms with Gasteiger partial charge in [0.1, 0.15) is 0 Å². The minimum absolute atomic E-state index is 0.292. The second-order valence-corrected chi connectivity index (χ2v) is 4.63. The van der Waals surface area contributed by atoms with Crippen molar-refractivity contribution in [3.8, 4) is 5.88 Å². The van der Waals surface area contributed by atoms with E-state index in [0.717, 1.165) is 37.4 Å². The Morgan fingerprint density at radius 3 is 2.83 bits per heavy atom. The van der Waals surface area contributed by atoms with E-state index in [9.17, 15) is 0 Å². The molecule has 0 fully saturated rings. The van der Waals surface area contributed by atoms with E-state index < -0.39 is 0 Å². The third-order valence-corrected chi connectivity index (χ3v) is 2.95. The van der Waals surface area contributed by atoms with Crippen molar-refractivity contribution in [2.75, 3.05) is 13.2 Å². The van der Waals surface area contributed by atoms with Gasteiger partial charge in [-0.15, -0.1) is 0 Å². The van der Waals surface area contributed by atoms with Crippen LogP contribution in [0.2, 0.25) is 0 Å². The van der Waals surface area contributed by atoms with E-state index in [0.29, 0.717) is 6.04 Å². The van der Waals surface area contributed by atoms with Gasteiger partial charge in [-0.1, -0.05) is 32.8 Å². The zero-order valence-electron chi connectivity index (χ0n) is 11.9. The number of hydrogen-bond acceptors (Lipinski definition) is 3. The smallest absolute Gasteiger partial charge is 0.218 e. The molecule has 1 atom stereocenters.